The highest BCUT2D eigenvalue weighted by Gasteiger charge is 2.35. The molecular weight excluding hydrogens is 394 g/mol. The fourth-order valence-corrected chi connectivity index (χ4v) is 4.62. The van der Waals surface area contributed by atoms with Crippen molar-refractivity contribution in [2.75, 3.05) is 28.6 Å². The lowest BCUT2D eigenvalue weighted by atomic mass is 9.91. The van der Waals surface area contributed by atoms with E-state index >= 15 is 0 Å². The van der Waals surface area contributed by atoms with E-state index in [1.165, 1.54) is 0 Å². The molecule has 2 aromatic rings. The number of benzene rings is 1. The van der Waals surface area contributed by atoms with Crippen LogP contribution in [0, 0.1) is 25.7 Å². The van der Waals surface area contributed by atoms with E-state index in [4.69, 9.17) is 0 Å². The third-order valence-corrected chi connectivity index (χ3v) is 6.20. The number of anilines is 3. The maximum atomic E-state index is 13.0. The number of rotatable bonds is 3. The van der Waals surface area contributed by atoms with Gasteiger partial charge in [-0.25, -0.2) is 0 Å². The van der Waals surface area contributed by atoms with Crippen LogP contribution < -0.4 is 21.1 Å². The van der Waals surface area contributed by atoms with Gasteiger partial charge in [0.2, 0.25) is 17.8 Å². The molecule has 31 heavy (non-hydrogen) atoms. The molecule has 2 aliphatic heterocycles. The van der Waals surface area contributed by atoms with E-state index in [0.717, 1.165) is 30.6 Å². The molecule has 164 valence electrons. The zero-order chi connectivity index (χ0) is 22.3. The zero-order valence-electron chi connectivity index (χ0n) is 18.4. The smallest absolute Gasteiger partial charge is 0.258 e. The van der Waals surface area contributed by atoms with Gasteiger partial charge in [0.25, 0.3) is 5.56 Å². The van der Waals surface area contributed by atoms with Crippen molar-refractivity contribution >= 4 is 29.3 Å². The molecule has 1 saturated heterocycles. The second-order valence-electron chi connectivity index (χ2n) is 9.10. The Bertz CT molecular complexity index is 1080. The van der Waals surface area contributed by atoms with Gasteiger partial charge < -0.3 is 15.5 Å². The van der Waals surface area contributed by atoms with Crippen LogP contribution in [0.15, 0.2) is 23.0 Å². The Morgan fingerprint density at radius 3 is 2.52 bits per heavy atom. The number of nitrogens with one attached hydrogen (secondary N) is 3. The maximum absolute atomic E-state index is 13.0. The normalized spacial score (nSPS) is 23.2. The summed E-state index contributed by atoms with van der Waals surface area (Å²) >= 11 is 0. The first-order chi connectivity index (χ1) is 14.7. The summed E-state index contributed by atoms with van der Waals surface area (Å²) in [5.41, 5.74) is 2.63. The largest absolute Gasteiger partial charge is 0.342 e. The molecule has 0 spiro atoms. The molecular formula is C23H29N5O3. The Hall–Kier alpha value is -3.16. The van der Waals surface area contributed by atoms with Crippen molar-refractivity contribution < 1.29 is 9.59 Å². The SMILES string of the molecule is Cc1ccc(NC(=O)[C@H]2CC(=O)Nc3nc(N4C[C@H](C)C[C@@H](C)C4)[nH]c(=O)c32)cc1C. The first-order valence-corrected chi connectivity index (χ1v) is 10.8. The molecule has 0 bridgehead atoms. The molecule has 2 aliphatic rings. The topological polar surface area (TPSA) is 107 Å². The molecule has 0 saturated carbocycles. The summed E-state index contributed by atoms with van der Waals surface area (Å²) < 4.78 is 0. The summed E-state index contributed by atoms with van der Waals surface area (Å²) in [5.74, 6) is -0.0160. The Labute approximate surface area is 181 Å². The number of hydrogen-bond donors (Lipinski definition) is 3. The summed E-state index contributed by atoms with van der Waals surface area (Å²) in [6.07, 6.45) is 1.04. The van der Waals surface area contributed by atoms with Crippen LogP contribution in [0.5, 0.6) is 0 Å². The number of H-pyrrole nitrogens is 1. The molecule has 1 aromatic heterocycles. The minimum Gasteiger partial charge on any atom is -0.342 e. The Morgan fingerprint density at radius 2 is 1.84 bits per heavy atom. The summed E-state index contributed by atoms with van der Waals surface area (Å²) in [6, 6.07) is 5.61. The van der Waals surface area contributed by atoms with Crippen LogP contribution in [0.1, 0.15) is 49.3 Å². The molecule has 2 amide bonds. The van der Waals surface area contributed by atoms with Gasteiger partial charge in [-0.3, -0.25) is 19.4 Å². The highest BCUT2D eigenvalue weighted by molar-refractivity contribution is 6.04. The number of hydrogen-bond acceptors (Lipinski definition) is 5. The highest BCUT2D eigenvalue weighted by Crippen LogP contribution is 2.31. The van der Waals surface area contributed by atoms with Gasteiger partial charge in [0.15, 0.2) is 0 Å². The summed E-state index contributed by atoms with van der Waals surface area (Å²) in [7, 11) is 0. The predicted octanol–water partition coefficient (Wildman–Crippen LogP) is 2.93. The number of aryl methyl sites for hydroxylation is 2. The molecule has 0 aliphatic carbocycles. The van der Waals surface area contributed by atoms with Crippen LogP contribution in [0.25, 0.3) is 0 Å². The van der Waals surface area contributed by atoms with Crippen molar-refractivity contribution in [3.05, 3.63) is 45.2 Å². The Morgan fingerprint density at radius 1 is 1.13 bits per heavy atom. The Kier molecular flexibility index (Phi) is 5.56. The van der Waals surface area contributed by atoms with Gasteiger partial charge in [0, 0.05) is 25.2 Å². The standard InChI is InChI=1S/C23H29N5O3/c1-12-7-13(2)11-28(10-12)23-26-20-19(22(31)27-23)17(9-18(29)25-20)21(30)24-16-6-5-14(3)15(4)8-16/h5-6,8,12-13,17H,7,9-11H2,1-4H3,(H,24,30)(H2,25,26,27,29,31)/t12-,13-,17+/m1/s1. The van der Waals surface area contributed by atoms with Crippen LogP contribution in [-0.4, -0.2) is 34.9 Å². The van der Waals surface area contributed by atoms with Crippen molar-refractivity contribution in [1.29, 1.82) is 0 Å². The quantitative estimate of drug-likeness (QED) is 0.704. The van der Waals surface area contributed by atoms with E-state index < -0.39 is 5.92 Å². The van der Waals surface area contributed by atoms with Gasteiger partial charge >= 0.3 is 0 Å². The fraction of sp³-hybridized carbons (Fsp3) is 0.478. The van der Waals surface area contributed by atoms with Gasteiger partial charge in [-0.2, -0.15) is 4.98 Å². The number of piperidine rings is 1. The van der Waals surface area contributed by atoms with E-state index in [2.05, 4.69) is 34.4 Å². The lowest BCUT2D eigenvalue weighted by molar-refractivity contribution is -0.123. The second kappa shape index (κ2) is 8.17. The van der Waals surface area contributed by atoms with E-state index in [1.54, 1.807) is 0 Å². The summed E-state index contributed by atoms with van der Waals surface area (Å²) in [4.78, 5) is 47.8. The molecule has 1 fully saturated rings. The molecule has 8 nitrogen and oxygen atoms in total. The summed E-state index contributed by atoms with van der Waals surface area (Å²) in [6.45, 7) is 9.89. The maximum Gasteiger partial charge on any atom is 0.258 e. The van der Waals surface area contributed by atoms with Crippen LogP contribution in [0.2, 0.25) is 0 Å². The molecule has 0 radical (unpaired) electrons. The fourth-order valence-electron chi connectivity index (χ4n) is 4.62. The summed E-state index contributed by atoms with van der Waals surface area (Å²) in [5, 5.41) is 5.54. The molecule has 3 N–H and O–H groups in total. The minimum atomic E-state index is -0.894. The van der Waals surface area contributed by atoms with Crippen LogP contribution in [0.4, 0.5) is 17.5 Å². The van der Waals surface area contributed by atoms with Gasteiger partial charge in [0.1, 0.15) is 5.82 Å². The molecule has 3 atom stereocenters. The van der Waals surface area contributed by atoms with E-state index in [0.29, 0.717) is 23.5 Å². The van der Waals surface area contributed by atoms with Crippen LogP contribution in [0.3, 0.4) is 0 Å². The molecule has 8 heteroatoms. The highest BCUT2D eigenvalue weighted by atomic mass is 16.2. The monoisotopic (exact) mass is 423 g/mol. The zero-order valence-corrected chi connectivity index (χ0v) is 18.4. The molecule has 0 unspecified atom stereocenters. The van der Waals surface area contributed by atoms with Crippen LogP contribution >= 0.6 is 0 Å². The minimum absolute atomic E-state index is 0.0917. The second-order valence-corrected chi connectivity index (χ2v) is 9.10. The lowest BCUT2D eigenvalue weighted by Crippen LogP contribution is -2.42. The van der Waals surface area contributed by atoms with Crippen molar-refractivity contribution in [3.8, 4) is 0 Å². The number of nitrogens with zero attached hydrogens (tertiary/aromatic N) is 2. The number of aromatic amines is 1. The number of fused-ring (bicyclic) bond motifs is 1. The first-order valence-electron chi connectivity index (χ1n) is 10.8. The van der Waals surface area contributed by atoms with Crippen molar-refractivity contribution in [2.45, 2.75) is 46.5 Å². The average Bonchev–Trinajstić information content (AvgIpc) is 2.69. The predicted molar refractivity (Wildman–Crippen MR) is 121 cm³/mol. The number of amides is 2. The van der Waals surface area contributed by atoms with Crippen molar-refractivity contribution in [3.63, 3.8) is 0 Å². The molecule has 4 rings (SSSR count). The van der Waals surface area contributed by atoms with E-state index in [9.17, 15) is 14.4 Å². The number of carbonyl (C=O) groups excluding carboxylic acids is 2. The van der Waals surface area contributed by atoms with Crippen LogP contribution in [-0.2, 0) is 9.59 Å². The van der Waals surface area contributed by atoms with Gasteiger partial charge in [-0.1, -0.05) is 19.9 Å². The van der Waals surface area contributed by atoms with Gasteiger partial charge in [0.05, 0.1) is 11.5 Å². The molecule has 1 aromatic carbocycles. The first kappa shape index (κ1) is 21.1. The van der Waals surface area contributed by atoms with E-state index in [-0.39, 0.29) is 35.2 Å². The third kappa shape index (κ3) is 4.33. The van der Waals surface area contributed by atoms with Gasteiger partial charge in [-0.15, -0.1) is 0 Å². The Balaban J connectivity index is 1.64. The number of carbonyl (C=O) groups is 2. The van der Waals surface area contributed by atoms with E-state index in [1.807, 2.05) is 36.9 Å². The third-order valence-electron chi connectivity index (χ3n) is 6.20. The molecule has 3 heterocycles. The van der Waals surface area contributed by atoms with Gasteiger partial charge in [-0.05, 0) is 55.4 Å². The van der Waals surface area contributed by atoms with Crippen molar-refractivity contribution in [1.82, 2.24) is 9.97 Å². The average molecular weight is 424 g/mol. The lowest BCUT2D eigenvalue weighted by Gasteiger charge is -2.35. The van der Waals surface area contributed by atoms with Crippen molar-refractivity contribution in [2.24, 2.45) is 11.8 Å². The number of aromatic nitrogens is 2.